The van der Waals surface area contributed by atoms with Gasteiger partial charge in [0.05, 0.1) is 18.4 Å². The molecule has 0 aliphatic carbocycles. The van der Waals surface area contributed by atoms with Gasteiger partial charge in [-0.1, -0.05) is 0 Å². The van der Waals surface area contributed by atoms with Crippen LogP contribution in [-0.4, -0.2) is 51.6 Å². The monoisotopic (exact) mass is 296 g/mol. The van der Waals surface area contributed by atoms with Crippen LogP contribution in [0, 0.1) is 0 Å². The first kappa shape index (κ1) is 16.0. The number of aliphatic hydroxyl groups is 1. The molecule has 1 aromatic heterocycles. The molecule has 1 aliphatic heterocycles. The van der Waals surface area contributed by atoms with E-state index in [-0.39, 0.29) is 30.0 Å². The maximum Gasteiger partial charge on any atom is 0.223 e. The van der Waals surface area contributed by atoms with Crippen molar-refractivity contribution in [2.24, 2.45) is 0 Å². The molecule has 2 unspecified atom stereocenters. The Kier molecular flexibility index (Phi) is 5.39. The first-order valence-corrected chi connectivity index (χ1v) is 7.40. The van der Waals surface area contributed by atoms with Crippen LogP contribution in [-0.2, 0) is 17.8 Å². The minimum absolute atomic E-state index is 0.0813. The predicted molar refractivity (Wildman–Crippen MR) is 79.4 cm³/mol. The van der Waals surface area contributed by atoms with Crippen molar-refractivity contribution < 1.29 is 14.9 Å². The average Bonchev–Trinajstić information content (AvgIpc) is 2.40. The lowest BCUT2D eigenvalue weighted by Gasteiger charge is -2.35. The third-order valence-corrected chi connectivity index (χ3v) is 3.64. The number of hydrogen-bond donors (Lipinski definition) is 2. The van der Waals surface area contributed by atoms with Gasteiger partial charge < -0.3 is 19.5 Å². The highest BCUT2D eigenvalue weighted by Gasteiger charge is 2.23. The van der Waals surface area contributed by atoms with Crippen molar-refractivity contribution in [1.82, 2.24) is 9.47 Å². The molecule has 2 atom stereocenters. The number of nitrogens with zero attached hydrogens (tertiary/aromatic N) is 2. The molecule has 6 heteroatoms. The number of morpholine rings is 1. The van der Waals surface area contributed by atoms with Crippen LogP contribution in [0.15, 0.2) is 17.1 Å². The molecule has 1 saturated heterocycles. The Bertz CT molecular complexity index is 519. The smallest absolute Gasteiger partial charge is 0.223 e. The highest BCUT2D eigenvalue weighted by molar-refractivity contribution is 5.20. The topological polar surface area (TPSA) is 74.9 Å². The molecular weight excluding hydrogens is 272 g/mol. The van der Waals surface area contributed by atoms with Gasteiger partial charge in [0.15, 0.2) is 5.75 Å². The number of hydrogen-bond acceptors (Lipinski definition) is 5. The SMILES string of the molecule is CC1CN(Cc2cc(=O)c(O)cn2CCCO)CC(C)O1. The van der Waals surface area contributed by atoms with Gasteiger partial charge in [0.25, 0.3) is 0 Å². The number of rotatable bonds is 5. The van der Waals surface area contributed by atoms with Crippen molar-refractivity contribution >= 4 is 0 Å². The maximum absolute atomic E-state index is 11.7. The zero-order valence-electron chi connectivity index (χ0n) is 12.7. The van der Waals surface area contributed by atoms with E-state index >= 15 is 0 Å². The number of pyridine rings is 1. The molecule has 6 nitrogen and oxygen atoms in total. The number of aryl methyl sites for hydroxylation is 1. The lowest BCUT2D eigenvalue weighted by molar-refractivity contribution is -0.0710. The first-order chi connectivity index (χ1) is 9.99. The van der Waals surface area contributed by atoms with E-state index in [1.165, 1.54) is 12.3 Å². The summed E-state index contributed by atoms with van der Waals surface area (Å²) in [5.74, 6) is -0.250. The summed E-state index contributed by atoms with van der Waals surface area (Å²) in [4.78, 5) is 13.9. The molecule has 118 valence electrons. The molecule has 0 amide bonds. The summed E-state index contributed by atoms with van der Waals surface area (Å²) in [5.41, 5.74) is 0.493. The highest BCUT2D eigenvalue weighted by Crippen LogP contribution is 2.15. The molecule has 0 spiro atoms. The molecule has 21 heavy (non-hydrogen) atoms. The van der Waals surface area contributed by atoms with Crippen LogP contribution in [0.25, 0.3) is 0 Å². The van der Waals surface area contributed by atoms with E-state index < -0.39 is 0 Å². The molecular formula is C15H24N2O4. The zero-order valence-corrected chi connectivity index (χ0v) is 12.7. The summed E-state index contributed by atoms with van der Waals surface area (Å²) in [6.07, 6.45) is 2.39. The number of aromatic hydroxyl groups is 1. The zero-order chi connectivity index (χ0) is 15.4. The van der Waals surface area contributed by atoms with Crippen molar-refractivity contribution in [3.63, 3.8) is 0 Å². The van der Waals surface area contributed by atoms with Gasteiger partial charge in [-0.15, -0.1) is 0 Å². The lowest BCUT2D eigenvalue weighted by atomic mass is 10.2. The Morgan fingerprint density at radius 2 is 2.00 bits per heavy atom. The number of ether oxygens (including phenoxy) is 1. The van der Waals surface area contributed by atoms with E-state index in [9.17, 15) is 9.90 Å². The predicted octanol–water partition coefficient (Wildman–Crippen LogP) is 0.545. The summed E-state index contributed by atoms with van der Waals surface area (Å²) < 4.78 is 7.55. The highest BCUT2D eigenvalue weighted by atomic mass is 16.5. The van der Waals surface area contributed by atoms with Gasteiger partial charge in [0, 0.05) is 44.5 Å². The summed E-state index contributed by atoms with van der Waals surface area (Å²) in [7, 11) is 0. The summed E-state index contributed by atoms with van der Waals surface area (Å²) in [6.45, 7) is 7.02. The number of aromatic nitrogens is 1. The van der Waals surface area contributed by atoms with E-state index in [1.807, 2.05) is 18.4 Å². The molecule has 2 rings (SSSR count). The molecule has 0 radical (unpaired) electrons. The second-order valence-electron chi connectivity index (χ2n) is 5.74. The van der Waals surface area contributed by atoms with Gasteiger partial charge in [-0.05, 0) is 20.3 Å². The van der Waals surface area contributed by atoms with E-state index in [2.05, 4.69) is 4.90 Å². The van der Waals surface area contributed by atoms with Crippen LogP contribution in [0.1, 0.15) is 26.0 Å². The molecule has 2 N–H and O–H groups in total. The van der Waals surface area contributed by atoms with Gasteiger partial charge in [0.1, 0.15) is 0 Å². The fourth-order valence-corrected chi connectivity index (χ4v) is 2.83. The van der Waals surface area contributed by atoms with Gasteiger partial charge in [-0.3, -0.25) is 9.69 Å². The van der Waals surface area contributed by atoms with Crippen LogP contribution < -0.4 is 5.43 Å². The quantitative estimate of drug-likeness (QED) is 0.830. The van der Waals surface area contributed by atoms with Crippen molar-refractivity contribution in [2.45, 2.75) is 45.6 Å². The maximum atomic E-state index is 11.7. The fraction of sp³-hybridized carbons (Fsp3) is 0.667. The first-order valence-electron chi connectivity index (χ1n) is 7.40. The Morgan fingerprint density at radius 3 is 2.62 bits per heavy atom. The van der Waals surface area contributed by atoms with Gasteiger partial charge in [-0.2, -0.15) is 0 Å². The van der Waals surface area contributed by atoms with E-state index in [0.29, 0.717) is 19.5 Å². The summed E-state index contributed by atoms with van der Waals surface area (Å²) in [5, 5.41) is 18.6. The minimum Gasteiger partial charge on any atom is -0.503 e. The molecule has 2 heterocycles. The average molecular weight is 296 g/mol. The fourth-order valence-electron chi connectivity index (χ4n) is 2.83. The van der Waals surface area contributed by atoms with E-state index in [1.54, 1.807) is 0 Å². The third kappa shape index (κ3) is 4.30. The number of aliphatic hydroxyl groups excluding tert-OH is 1. The third-order valence-electron chi connectivity index (χ3n) is 3.64. The molecule has 0 saturated carbocycles. The molecule has 0 aromatic carbocycles. The Morgan fingerprint density at radius 1 is 1.33 bits per heavy atom. The van der Waals surface area contributed by atoms with Crippen LogP contribution >= 0.6 is 0 Å². The second-order valence-corrected chi connectivity index (χ2v) is 5.74. The van der Waals surface area contributed by atoms with Crippen LogP contribution in [0.5, 0.6) is 5.75 Å². The lowest BCUT2D eigenvalue weighted by Crippen LogP contribution is -2.45. The normalized spacial score (nSPS) is 23.4. The summed E-state index contributed by atoms with van der Waals surface area (Å²) in [6, 6.07) is 1.48. The summed E-state index contributed by atoms with van der Waals surface area (Å²) >= 11 is 0. The van der Waals surface area contributed by atoms with Crippen molar-refractivity contribution in [3.8, 4) is 5.75 Å². The van der Waals surface area contributed by atoms with Gasteiger partial charge >= 0.3 is 0 Å². The Balaban J connectivity index is 2.17. The minimum atomic E-state index is -0.361. The Hall–Kier alpha value is -1.37. The van der Waals surface area contributed by atoms with Crippen LogP contribution in [0.3, 0.4) is 0 Å². The van der Waals surface area contributed by atoms with Crippen LogP contribution in [0.4, 0.5) is 0 Å². The van der Waals surface area contributed by atoms with Crippen LogP contribution in [0.2, 0.25) is 0 Å². The molecule has 1 fully saturated rings. The van der Waals surface area contributed by atoms with Gasteiger partial charge in [0.2, 0.25) is 5.43 Å². The Labute approximate surface area is 124 Å². The van der Waals surface area contributed by atoms with Crippen molar-refractivity contribution in [3.05, 3.63) is 28.2 Å². The van der Waals surface area contributed by atoms with E-state index in [0.717, 1.165) is 18.8 Å². The molecule has 1 aromatic rings. The standard InChI is InChI=1S/C15H24N2O4/c1-11-7-16(8-12(2)21-11)9-13-6-14(19)15(20)10-17(13)4-3-5-18/h6,10-12,18,20H,3-5,7-9H2,1-2H3. The largest absolute Gasteiger partial charge is 0.503 e. The van der Waals surface area contributed by atoms with Gasteiger partial charge in [-0.25, -0.2) is 0 Å². The second kappa shape index (κ2) is 7.06. The van der Waals surface area contributed by atoms with E-state index in [4.69, 9.17) is 9.84 Å². The molecule has 1 aliphatic rings. The van der Waals surface area contributed by atoms with Crippen molar-refractivity contribution in [1.29, 1.82) is 0 Å². The van der Waals surface area contributed by atoms with Crippen molar-refractivity contribution in [2.75, 3.05) is 19.7 Å². The molecule has 0 bridgehead atoms.